The highest BCUT2D eigenvalue weighted by atomic mass is 15.1. The number of hydrogen-bond donors (Lipinski definition) is 1. The first kappa shape index (κ1) is 17.5. The monoisotopic (exact) mass is 372 g/mol. The molecule has 0 saturated carbocycles. The average molecular weight is 373 g/mol. The van der Waals surface area contributed by atoms with Gasteiger partial charge in [0.05, 0.1) is 0 Å². The summed E-state index contributed by atoms with van der Waals surface area (Å²) in [6.45, 7) is 3.46. The number of aromatic amines is 1. The van der Waals surface area contributed by atoms with Crippen molar-refractivity contribution in [3.05, 3.63) is 66.1 Å². The number of pyridine rings is 1. The number of H-pyrrole nitrogens is 1. The van der Waals surface area contributed by atoms with Crippen molar-refractivity contribution < 1.29 is 0 Å². The lowest BCUT2D eigenvalue weighted by atomic mass is 9.93. The Bertz CT molecular complexity index is 1090. The molecule has 0 aliphatic carbocycles. The maximum absolute atomic E-state index is 4.67. The molecular formula is C24H28N4. The number of aromatic nitrogens is 3. The summed E-state index contributed by atoms with van der Waals surface area (Å²) in [6, 6.07) is 13.5. The topological polar surface area (TPSA) is 36.9 Å². The van der Waals surface area contributed by atoms with Gasteiger partial charge >= 0.3 is 0 Å². The molecule has 4 nitrogen and oxygen atoms in total. The Morgan fingerprint density at radius 1 is 1.04 bits per heavy atom. The molecule has 1 saturated heterocycles. The Labute approximate surface area is 166 Å². The number of aryl methyl sites for hydroxylation is 1. The van der Waals surface area contributed by atoms with Crippen LogP contribution < -0.4 is 0 Å². The van der Waals surface area contributed by atoms with Gasteiger partial charge in [0.25, 0.3) is 0 Å². The third-order valence-electron chi connectivity index (χ3n) is 6.25. The van der Waals surface area contributed by atoms with Gasteiger partial charge in [-0.15, -0.1) is 0 Å². The number of fused-ring (bicyclic) bond motifs is 2. The van der Waals surface area contributed by atoms with E-state index in [1.165, 1.54) is 59.8 Å². The highest BCUT2D eigenvalue weighted by Crippen LogP contribution is 2.25. The Kier molecular flexibility index (Phi) is 4.65. The first-order valence-electron chi connectivity index (χ1n) is 10.4. The van der Waals surface area contributed by atoms with Gasteiger partial charge in [-0.3, -0.25) is 4.90 Å². The fraction of sp³-hybridized carbons (Fsp3) is 0.375. The minimum atomic E-state index is 0.764. The molecule has 1 aliphatic heterocycles. The molecule has 0 amide bonds. The van der Waals surface area contributed by atoms with Crippen molar-refractivity contribution in [1.82, 2.24) is 19.4 Å². The first-order chi connectivity index (χ1) is 13.7. The maximum Gasteiger partial charge on any atom is 0.139 e. The highest BCUT2D eigenvalue weighted by Gasteiger charge is 2.18. The van der Waals surface area contributed by atoms with Crippen LogP contribution in [0.1, 0.15) is 30.4 Å². The lowest BCUT2D eigenvalue weighted by molar-refractivity contribution is 0.272. The van der Waals surface area contributed by atoms with Crippen LogP contribution in [0.25, 0.3) is 21.9 Å². The SMILES string of the molecule is Cn1ccc2cc(CC3CCCN(Cc4ccc5[nH]ccc5c4)CC3)cnc21. The van der Waals surface area contributed by atoms with Crippen molar-refractivity contribution in [3.8, 4) is 0 Å². The molecule has 1 N–H and O–H groups in total. The predicted octanol–water partition coefficient (Wildman–Crippen LogP) is 4.90. The van der Waals surface area contributed by atoms with Crippen LogP contribution in [0.4, 0.5) is 0 Å². The van der Waals surface area contributed by atoms with E-state index in [0.29, 0.717) is 0 Å². The second-order valence-electron chi connectivity index (χ2n) is 8.36. The van der Waals surface area contributed by atoms with E-state index in [-0.39, 0.29) is 0 Å². The van der Waals surface area contributed by atoms with Crippen LogP contribution in [0.15, 0.2) is 55.0 Å². The summed E-state index contributed by atoms with van der Waals surface area (Å²) in [5.41, 5.74) is 5.11. The molecule has 4 aromatic rings. The van der Waals surface area contributed by atoms with E-state index in [1.807, 2.05) is 6.20 Å². The van der Waals surface area contributed by atoms with E-state index in [9.17, 15) is 0 Å². The van der Waals surface area contributed by atoms with Crippen molar-refractivity contribution in [1.29, 1.82) is 0 Å². The zero-order chi connectivity index (χ0) is 18.9. The normalized spacial score (nSPS) is 18.7. The first-order valence-corrected chi connectivity index (χ1v) is 10.4. The molecule has 0 spiro atoms. The Morgan fingerprint density at radius 3 is 2.93 bits per heavy atom. The molecule has 5 rings (SSSR count). The van der Waals surface area contributed by atoms with Crippen LogP contribution in [-0.2, 0) is 20.0 Å². The van der Waals surface area contributed by atoms with Crippen molar-refractivity contribution in [2.24, 2.45) is 13.0 Å². The molecule has 1 aliphatic rings. The summed E-state index contributed by atoms with van der Waals surface area (Å²) in [5.74, 6) is 0.764. The maximum atomic E-state index is 4.67. The van der Waals surface area contributed by atoms with Crippen LogP contribution >= 0.6 is 0 Å². The van der Waals surface area contributed by atoms with Gasteiger partial charge in [-0.05, 0) is 91.5 Å². The van der Waals surface area contributed by atoms with E-state index in [4.69, 9.17) is 0 Å². The summed E-state index contributed by atoms with van der Waals surface area (Å²) in [7, 11) is 2.06. The average Bonchev–Trinajstić information content (AvgIpc) is 3.25. The lowest BCUT2D eigenvalue weighted by Crippen LogP contribution is -2.24. The lowest BCUT2D eigenvalue weighted by Gasteiger charge is -2.20. The minimum absolute atomic E-state index is 0.764. The molecule has 4 heteroatoms. The second-order valence-corrected chi connectivity index (χ2v) is 8.36. The van der Waals surface area contributed by atoms with Gasteiger partial charge in [0, 0.05) is 43.1 Å². The molecule has 1 fully saturated rings. The van der Waals surface area contributed by atoms with Gasteiger partial charge in [-0.2, -0.15) is 0 Å². The number of likely N-dealkylation sites (tertiary alicyclic amines) is 1. The Morgan fingerprint density at radius 2 is 1.96 bits per heavy atom. The zero-order valence-corrected chi connectivity index (χ0v) is 16.6. The van der Waals surface area contributed by atoms with Crippen molar-refractivity contribution in [3.63, 3.8) is 0 Å². The van der Waals surface area contributed by atoms with Gasteiger partial charge in [0.2, 0.25) is 0 Å². The van der Waals surface area contributed by atoms with Crippen LogP contribution in [0.2, 0.25) is 0 Å². The van der Waals surface area contributed by atoms with Gasteiger partial charge < -0.3 is 9.55 Å². The third kappa shape index (κ3) is 3.57. The largest absolute Gasteiger partial charge is 0.361 e. The van der Waals surface area contributed by atoms with Gasteiger partial charge in [0.15, 0.2) is 0 Å². The summed E-state index contributed by atoms with van der Waals surface area (Å²) in [6.07, 6.45) is 11.2. The predicted molar refractivity (Wildman–Crippen MR) is 115 cm³/mol. The zero-order valence-electron chi connectivity index (χ0n) is 16.6. The summed E-state index contributed by atoms with van der Waals surface area (Å²) >= 11 is 0. The Balaban J connectivity index is 1.22. The number of nitrogens with zero attached hydrogens (tertiary/aromatic N) is 3. The van der Waals surface area contributed by atoms with E-state index >= 15 is 0 Å². The number of benzene rings is 1. The fourth-order valence-corrected chi connectivity index (χ4v) is 4.69. The molecule has 1 aromatic carbocycles. The third-order valence-corrected chi connectivity index (χ3v) is 6.25. The summed E-state index contributed by atoms with van der Waals surface area (Å²) < 4.78 is 2.09. The minimum Gasteiger partial charge on any atom is -0.361 e. The second kappa shape index (κ2) is 7.44. The van der Waals surface area contributed by atoms with Crippen LogP contribution in [0, 0.1) is 5.92 Å². The number of nitrogens with one attached hydrogen (secondary N) is 1. The standard InChI is InChI=1S/C24H28N4/c1-27-11-8-22-15-20(16-26-24(22)27)13-18-3-2-10-28(12-7-18)17-19-4-5-23-21(14-19)6-9-25-23/h4-6,8-9,11,14-16,18,25H,2-3,7,10,12-13,17H2,1H3. The van der Waals surface area contributed by atoms with Crippen molar-refractivity contribution in [2.75, 3.05) is 13.1 Å². The van der Waals surface area contributed by atoms with Gasteiger partial charge in [0.1, 0.15) is 5.65 Å². The molecule has 3 aromatic heterocycles. The molecule has 144 valence electrons. The molecule has 0 radical (unpaired) electrons. The Hall–Kier alpha value is -2.59. The van der Waals surface area contributed by atoms with Gasteiger partial charge in [-0.1, -0.05) is 6.07 Å². The molecule has 0 bridgehead atoms. The van der Waals surface area contributed by atoms with E-state index in [2.05, 4.69) is 75.3 Å². The number of rotatable bonds is 4. The molecule has 1 atom stereocenters. The van der Waals surface area contributed by atoms with E-state index in [1.54, 1.807) is 0 Å². The quantitative estimate of drug-likeness (QED) is 0.553. The number of hydrogen-bond acceptors (Lipinski definition) is 2. The highest BCUT2D eigenvalue weighted by molar-refractivity contribution is 5.80. The fourth-order valence-electron chi connectivity index (χ4n) is 4.69. The smallest absolute Gasteiger partial charge is 0.139 e. The van der Waals surface area contributed by atoms with E-state index in [0.717, 1.165) is 24.5 Å². The molecular weight excluding hydrogens is 344 g/mol. The van der Waals surface area contributed by atoms with Crippen LogP contribution in [0.5, 0.6) is 0 Å². The molecule has 1 unspecified atom stereocenters. The summed E-state index contributed by atoms with van der Waals surface area (Å²) in [5, 5.41) is 2.57. The van der Waals surface area contributed by atoms with Crippen molar-refractivity contribution >= 4 is 21.9 Å². The molecule has 28 heavy (non-hydrogen) atoms. The molecule has 4 heterocycles. The van der Waals surface area contributed by atoms with Crippen LogP contribution in [-0.4, -0.2) is 32.5 Å². The van der Waals surface area contributed by atoms with Crippen molar-refractivity contribution in [2.45, 2.75) is 32.2 Å². The van der Waals surface area contributed by atoms with Crippen LogP contribution in [0.3, 0.4) is 0 Å². The van der Waals surface area contributed by atoms with E-state index < -0.39 is 0 Å². The van der Waals surface area contributed by atoms with Gasteiger partial charge in [-0.25, -0.2) is 4.98 Å². The summed E-state index contributed by atoms with van der Waals surface area (Å²) in [4.78, 5) is 10.6.